The number of rotatable bonds is 2. The van der Waals surface area contributed by atoms with Crippen LogP contribution in [-0.4, -0.2) is 24.1 Å². The fraction of sp³-hybridized carbons (Fsp3) is 0.444. The number of likely N-dealkylation sites (N-methyl/N-ethyl adjacent to an activating group) is 1. The van der Waals surface area contributed by atoms with Gasteiger partial charge in [-0.1, -0.05) is 32.0 Å². The van der Waals surface area contributed by atoms with E-state index in [1.807, 2.05) is 12.1 Å². The molecule has 2 atom stereocenters. The van der Waals surface area contributed by atoms with Gasteiger partial charge in [-0.15, -0.1) is 11.6 Å². The molecule has 21 heavy (non-hydrogen) atoms. The summed E-state index contributed by atoms with van der Waals surface area (Å²) in [6.45, 7) is 7.35. The number of anilines is 1. The number of alkyl halides is 1. The predicted octanol–water partition coefficient (Wildman–Crippen LogP) is 4.83. The van der Waals surface area contributed by atoms with E-state index in [2.05, 4.69) is 44.9 Å². The van der Waals surface area contributed by atoms with Crippen molar-refractivity contribution in [1.82, 2.24) is 0 Å². The number of phenols is 1. The second kappa shape index (κ2) is 5.10. The van der Waals surface area contributed by atoms with E-state index in [4.69, 9.17) is 11.6 Å². The minimum absolute atomic E-state index is 0.0733. The van der Waals surface area contributed by atoms with Crippen LogP contribution < -0.4 is 4.90 Å². The summed E-state index contributed by atoms with van der Waals surface area (Å²) >= 11 is 6.43. The predicted molar refractivity (Wildman–Crippen MR) is 91.0 cm³/mol. The topological polar surface area (TPSA) is 23.5 Å². The molecule has 0 spiro atoms. The molecule has 0 bridgehead atoms. The molecular formula is C18H22ClNO. The van der Waals surface area contributed by atoms with Crippen LogP contribution in [0, 0.1) is 0 Å². The first-order chi connectivity index (χ1) is 9.90. The summed E-state index contributed by atoms with van der Waals surface area (Å²) in [6, 6.07) is 8.25. The molecule has 1 aliphatic rings. The van der Waals surface area contributed by atoms with Gasteiger partial charge >= 0.3 is 0 Å². The van der Waals surface area contributed by atoms with Gasteiger partial charge in [0, 0.05) is 42.0 Å². The average Bonchev–Trinajstić information content (AvgIpc) is 2.76. The number of aromatic hydroxyl groups is 1. The molecule has 0 aromatic heterocycles. The first-order valence-corrected chi connectivity index (χ1v) is 7.98. The third kappa shape index (κ3) is 2.26. The van der Waals surface area contributed by atoms with E-state index in [1.54, 1.807) is 0 Å². The molecule has 0 radical (unpaired) electrons. The molecule has 2 aromatic carbocycles. The molecule has 1 N–H and O–H groups in total. The average molecular weight is 304 g/mol. The summed E-state index contributed by atoms with van der Waals surface area (Å²) in [5, 5.41) is 12.5. The highest BCUT2D eigenvalue weighted by atomic mass is 35.5. The monoisotopic (exact) mass is 303 g/mol. The lowest BCUT2D eigenvalue weighted by Crippen LogP contribution is -2.19. The molecule has 0 fully saturated rings. The Hall–Kier alpha value is -1.41. The van der Waals surface area contributed by atoms with E-state index in [-0.39, 0.29) is 5.38 Å². The van der Waals surface area contributed by atoms with Crippen molar-refractivity contribution in [3.05, 3.63) is 35.4 Å². The van der Waals surface area contributed by atoms with Gasteiger partial charge in [-0.2, -0.15) is 0 Å². The van der Waals surface area contributed by atoms with Crippen molar-refractivity contribution in [3.63, 3.8) is 0 Å². The second-order valence-corrected chi connectivity index (χ2v) is 7.14. The number of halogens is 1. The highest BCUT2D eigenvalue weighted by Crippen LogP contribution is 2.46. The Labute approximate surface area is 131 Å². The summed E-state index contributed by atoms with van der Waals surface area (Å²) in [6.07, 6.45) is 0. The zero-order valence-corrected chi connectivity index (χ0v) is 13.8. The Balaban J connectivity index is 2.34. The van der Waals surface area contributed by atoms with Crippen LogP contribution in [0.5, 0.6) is 5.75 Å². The zero-order chi connectivity index (χ0) is 15.3. The van der Waals surface area contributed by atoms with Crippen LogP contribution in [0.1, 0.15) is 43.7 Å². The van der Waals surface area contributed by atoms with Crippen molar-refractivity contribution in [3.8, 4) is 5.75 Å². The van der Waals surface area contributed by atoms with Crippen LogP contribution >= 0.6 is 11.6 Å². The fourth-order valence-electron chi connectivity index (χ4n) is 3.36. The van der Waals surface area contributed by atoms with Crippen molar-refractivity contribution in [2.45, 2.75) is 38.0 Å². The maximum atomic E-state index is 10.3. The SMILES string of the molecule is CC(C)c1ccc2c(O)cc3c(c2c1)[C@H]([C@@H](C)Cl)CN3C. The standard InChI is InChI=1S/C18H22ClNO/c1-10(2)12-5-6-13-14(7-12)18-15(11(3)19)9-20(4)16(18)8-17(13)21/h5-8,10-11,15,21H,9H2,1-4H3/t11-,15+/m1/s1. The van der Waals surface area contributed by atoms with E-state index in [1.165, 1.54) is 11.1 Å². The molecule has 0 saturated heterocycles. The molecule has 0 saturated carbocycles. The van der Waals surface area contributed by atoms with Crippen LogP contribution in [0.25, 0.3) is 10.8 Å². The number of nitrogens with zero attached hydrogens (tertiary/aromatic N) is 1. The third-order valence-electron chi connectivity index (χ3n) is 4.63. The fourth-order valence-corrected chi connectivity index (χ4v) is 3.56. The Morgan fingerprint density at radius 3 is 2.52 bits per heavy atom. The number of phenolic OH excluding ortho intramolecular Hbond substituents is 1. The largest absolute Gasteiger partial charge is 0.507 e. The lowest BCUT2D eigenvalue weighted by atomic mass is 9.90. The van der Waals surface area contributed by atoms with Gasteiger partial charge in [0.15, 0.2) is 0 Å². The van der Waals surface area contributed by atoms with Gasteiger partial charge in [0.25, 0.3) is 0 Å². The zero-order valence-electron chi connectivity index (χ0n) is 13.0. The van der Waals surface area contributed by atoms with E-state index in [0.29, 0.717) is 17.6 Å². The maximum absolute atomic E-state index is 10.3. The van der Waals surface area contributed by atoms with Gasteiger partial charge in [-0.3, -0.25) is 0 Å². The number of benzene rings is 2. The van der Waals surface area contributed by atoms with Gasteiger partial charge in [0.2, 0.25) is 0 Å². The molecule has 112 valence electrons. The van der Waals surface area contributed by atoms with E-state index < -0.39 is 0 Å². The van der Waals surface area contributed by atoms with Crippen LogP contribution in [0.2, 0.25) is 0 Å². The lowest BCUT2D eigenvalue weighted by molar-refractivity contribution is 0.481. The highest BCUT2D eigenvalue weighted by molar-refractivity contribution is 6.21. The van der Waals surface area contributed by atoms with E-state index >= 15 is 0 Å². The molecular weight excluding hydrogens is 282 g/mol. The Morgan fingerprint density at radius 1 is 1.19 bits per heavy atom. The number of hydrogen-bond acceptors (Lipinski definition) is 2. The van der Waals surface area contributed by atoms with E-state index in [0.717, 1.165) is 23.0 Å². The molecule has 3 heteroatoms. The minimum Gasteiger partial charge on any atom is -0.507 e. The normalized spacial score (nSPS) is 19.3. The summed E-state index contributed by atoms with van der Waals surface area (Å²) in [7, 11) is 2.07. The minimum atomic E-state index is 0.0733. The highest BCUT2D eigenvalue weighted by Gasteiger charge is 2.32. The molecule has 1 aliphatic heterocycles. The van der Waals surface area contributed by atoms with Crippen molar-refractivity contribution >= 4 is 28.1 Å². The van der Waals surface area contributed by atoms with Crippen molar-refractivity contribution in [2.75, 3.05) is 18.5 Å². The number of hydrogen-bond donors (Lipinski definition) is 1. The van der Waals surface area contributed by atoms with Crippen molar-refractivity contribution in [2.24, 2.45) is 0 Å². The van der Waals surface area contributed by atoms with Crippen molar-refractivity contribution < 1.29 is 5.11 Å². The summed E-state index contributed by atoms with van der Waals surface area (Å²) in [5.41, 5.74) is 3.69. The maximum Gasteiger partial charge on any atom is 0.125 e. The lowest BCUT2D eigenvalue weighted by Gasteiger charge is -2.17. The van der Waals surface area contributed by atoms with Gasteiger partial charge < -0.3 is 10.0 Å². The Bertz CT molecular complexity index is 693. The smallest absolute Gasteiger partial charge is 0.125 e. The first-order valence-electron chi connectivity index (χ1n) is 7.55. The molecule has 0 amide bonds. The van der Waals surface area contributed by atoms with Gasteiger partial charge in [-0.05, 0) is 29.4 Å². The van der Waals surface area contributed by atoms with Crippen LogP contribution in [0.3, 0.4) is 0 Å². The van der Waals surface area contributed by atoms with Gasteiger partial charge in [-0.25, -0.2) is 0 Å². The first kappa shape index (κ1) is 14.5. The Morgan fingerprint density at radius 2 is 1.90 bits per heavy atom. The van der Waals surface area contributed by atoms with Gasteiger partial charge in [0.05, 0.1) is 0 Å². The molecule has 2 nitrogen and oxygen atoms in total. The molecule has 2 aromatic rings. The van der Waals surface area contributed by atoms with Crippen molar-refractivity contribution in [1.29, 1.82) is 0 Å². The van der Waals surface area contributed by atoms with E-state index in [9.17, 15) is 5.11 Å². The van der Waals surface area contributed by atoms with Crippen LogP contribution in [0.15, 0.2) is 24.3 Å². The summed E-state index contributed by atoms with van der Waals surface area (Å²) in [5.74, 6) is 1.13. The number of fused-ring (bicyclic) bond motifs is 3. The molecule has 1 heterocycles. The Kier molecular flexibility index (Phi) is 3.53. The summed E-state index contributed by atoms with van der Waals surface area (Å²) < 4.78 is 0. The summed E-state index contributed by atoms with van der Waals surface area (Å²) in [4.78, 5) is 2.19. The van der Waals surface area contributed by atoms with Crippen LogP contribution in [0.4, 0.5) is 5.69 Å². The molecule has 0 unspecified atom stereocenters. The molecule has 0 aliphatic carbocycles. The second-order valence-electron chi connectivity index (χ2n) is 6.45. The van der Waals surface area contributed by atoms with Gasteiger partial charge in [0.1, 0.15) is 5.75 Å². The molecule has 3 rings (SSSR count). The third-order valence-corrected chi connectivity index (χ3v) is 4.94. The quantitative estimate of drug-likeness (QED) is 0.803. The van der Waals surface area contributed by atoms with Crippen LogP contribution in [-0.2, 0) is 0 Å².